The fraction of sp³-hybridized carbons (Fsp3) is 0.360. The van der Waals surface area contributed by atoms with Crippen LogP contribution in [0.5, 0.6) is 0 Å². The molecule has 13 nitrogen and oxygen atoms in total. The Balaban J connectivity index is 1.37. The molecule has 0 aliphatic carbocycles. The summed E-state index contributed by atoms with van der Waals surface area (Å²) in [6.45, 7) is 3.45. The second-order valence-electron chi connectivity index (χ2n) is 9.80. The van der Waals surface area contributed by atoms with Gasteiger partial charge < -0.3 is 19.8 Å². The van der Waals surface area contributed by atoms with E-state index in [9.17, 15) is 26.4 Å². The summed E-state index contributed by atoms with van der Waals surface area (Å²) < 4.78 is 71.9. The van der Waals surface area contributed by atoms with Crippen molar-refractivity contribution in [3.05, 3.63) is 54.6 Å². The average Bonchev–Trinajstić information content (AvgIpc) is 3.59. The topological polar surface area (TPSA) is 153 Å². The van der Waals surface area contributed by atoms with Gasteiger partial charge in [0.1, 0.15) is 22.8 Å². The first-order valence-electron chi connectivity index (χ1n) is 12.8. The highest BCUT2D eigenvalue weighted by Crippen LogP contribution is 2.36. The monoisotopic (exact) mass is 604 g/mol. The van der Waals surface area contributed by atoms with E-state index in [1.54, 1.807) is 24.6 Å². The van der Waals surface area contributed by atoms with Gasteiger partial charge in [0.25, 0.3) is 10.0 Å². The van der Waals surface area contributed by atoms with E-state index in [2.05, 4.69) is 35.6 Å². The van der Waals surface area contributed by atoms with Crippen LogP contribution in [0.2, 0.25) is 0 Å². The number of nitrogens with zero attached hydrogens (tertiary/aromatic N) is 8. The van der Waals surface area contributed by atoms with Crippen molar-refractivity contribution in [3.8, 4) is 17.1 Å². The van der Waals surface area contributed by atoms with Crippen LogP contribution in [-0.2, 0) is 28.0 Å². The van der Waals surface area contributed by atoms with Gasteiger partial charge in [0.2, 0.25) is 11.9 Å². The number of aryl methyl sites for hydroxylation is 1. The Morgan fingerprint density at radius 1 is 1.07 bits per heavy atom. The van der Waals surface area contributed by atoms with Crippen molar-refractivity contribution in [1.82, 2.24) is 38.4 Å². The third-order valence-corrected chi connectivity index (χ3v) is 8.52. The Kier molecular flexibility index (Phi) is 7.72. The Labute approximate surface area is 238 Å². The Bertz CT molecular complexity index is 1730. The number of imidazole rings is 2. The summed E-state index contributed by atoms with van der Waals surface area (Å²) in [6, 6.07) is 1.37. The van der Waals surface area contributed by atoms with Crippen LogP contribution in [0.15, 0.2) is 48.5 Å². The van der Waals surface area contributed by atoms with Crippen LogP contribution in [0.3, 0.4) is 0 Å². The van der Waals surface area contributed by atoms with Crippen molar-refractivity contribution in [1.29, 1.82) is 0 Å². The zero-order chi connectivity index (χ0) is 30.2. The highest BCUT2D eigenvalue weighted by molar-refractivity contribution is 7.89. The minimum absolute atomic E-state index is 0.0355. The predicted molar refractivity (Wildman–Crippen MR) is 145 cm³/mol. The molecule has 0 unspecified atom stereocenters. The molecule has 0 radical (unpaired) electrons. The third kappa shape index (κ3) is 5.96. The van der Waals surface area contributed by atoms with Gasteiger partial charge in [0.15, 0.2) is 5.03 Å². The molecule has 1 aliphatic rings. The lowest BCUT2D eigenvalue weighted by Crippen LogP contribution is -2.42. The number of nitrogens with one attached hydrogen (secondary N) is 2. The maximum Gasteiger partial charge on any atom is 0.420 e. The second kappa shape index (κ2) is 11.1. The molecule has 222 valence electrons. The normalized spacial score (nSPS) is 15.1. The molecule has 2 N–H and O–H groups in total. The molecule has 1 amide bonds. The molecule has 0 spiro atoms. The van der Waals surface area contributed by atoms with Crippen molar-refractivity contribution >= 4 is 27.7 Å². The minimum Gasteiger partial charge on any atom is -0.351 e. The minimum atomic E-state index is -4.74. The summed E-state index contributed by atoms with van der Waals surface area (Å²) in [5.74, 6) is -0.0318. The van der Waals surface area contributed by atoms with Gasteiger partial charge in [-0.2, -0.15) is 17.5 Å². The first kappa shape index (κ1) is 29.1. The highest BCUT2D eigenvalue weighted by atomic mass is 32.2. The number of carbonyl (C=O) groups is 1. The van der Waals surface area contributed by atoms with E-state index in [-0.39, 0.29) is 41.7 Å². The van der Waals surface area contributed by atoms with Crippen molar-refractivity contribution in [3.63, 3.8) is 0 Å². The van der Waals surface area contributed by atoms with Gasteiger partial charge in [0, 0.05) is 63.5 Å². The van der Waals surface area contributed by atoms with E-state index in [1.807, 2.05) is 0 Å². The lowest BCUT2D eigenvalue weighted by molar-refractivity contribution is -0.137. The van der Waals surface area contributed by atoms with Crippen LogP contribution in [0.1, 0.15) is 30.9 Å². The number of sulfonamides is 1. The molecule has 0 saturated carbocycles. The van der Waals surface area contributed by atoms with Crippen molar-refractivity contribution < 1.29 is 26.4 Å². The number of carbonyl (C=O) groups excluding carboxylic acids is 1. The van der Waals surface area contributed by atoms with E-state index < -0.39 is 27.5 Å². The molecule has 1 aliphatic heterocycles. The van der Waals surface area contributed by atoms with Crippen LogP contribution in [0.4, 0.5) is 24.9 Å². The molecular formula is C25H27F3N10O3S. The first-order chi connectivity index (χ1) is 19.8. The van der Waals surface area contributed by atoms with Crippen LogP contribution in [0.25, 0.3) is 17.1 Å². The van der Waals surface area contributed by atoms with Gasteiger partial charge in [-0.25, -0.2) is 33.3 Å². The van der Waals surface area contributed by atoms with Crippen LogP contribution >= 0.6 is 0 Å². The molecular weight excluding hydrogens is 577 g/mol. The summed E-state index contributed by atoms with van der Waals surface area (Å²) in [7, 11) is -2.08. The van der Waals surface area contributed by atoms with Crippen molar-refractivity contribution in [2.75, 3.05) is 23.7 Å². The number of pyridine rings is 1. The van der Waals surface area contributed by atoms with E-state index >= 15 is 0 Å². The highest BCUT2D eigenvalue weighted by Gasteiger charge is 2.37. The summed E-state index contributed by atoms with van der Waals surface area (Å²) in [5, 5.41) is 5.62. The largest absolute Gasteiger partial charge is 0.420 e. The smallest absolute Gasteiger partial charge is 0.351 e. The Hall–Kier alpha value is -4.38. The molecule has 5 heterocycles. The molecule has 0 bridgehead atoms. The summed E-state index contributed by atoms with van der Waals surface area (Å²) >= 11 is 0. The van der Waals surface area contributed by atoms with E-state index in [0.717, 1.165) is 0 Å². The maximum atomic E-state index is 13.9. The van der Waals surface area contributed by atoms with Crippen LogP contribution in [0, 0.1) is 6.92 Å². The third-order valence-electron chi connectivity index (χ3n) is 6.74. The fourth-order valence-electron chi connectivity index (χ4n) is 4.61. The maximum absolute atomic E-state index is 13.9. The Morgan fingerprint density at radius 2 is 1.81 bits per heavy atom. The van der Waals surface area contributed by atoms with Gasteiger partial charge in [-0.05, 0) is 25.8 Å². The summed E-state index contributed by atoms with van der Waals surface area (Å²) in [5.41, 5.74) is -0.362. The molecule has 4 aromatic rings. The molecule has 5 rings (SSSR count). The van der Waals surface area contributed by atoms with E-state index in [0.29, 0.717) is 36.1 Å². The SMILES string of the molecule is CC(=O)Nc1nccc(-n2cnc(-c3nc(NC4CCN(S(=O)(=O)c5cn(C)cn5)CC4)ncc3C(F)(F)F)c2)c1C. The molecule has 1 fully saturated rings. The molecule has 4 aromatic heterocycles. The summed E-state index contributed by atoms with van der Waals surface area (Å²) in [4.78, 5) is 31.8. The number of alkyl halides is 3. The van der Waals surface area contributed by atoms with Gasteiger partial charge in [-0.15, -0.1) is 0 Å². The van der Waals surface area contributed by atoms with Crippen LogP contribution < -0.4 is 10.6 Å². The Morgan fingerprint density at radius 3 is 2.45 bits per heavy atom. The average molecular weight is 605 g/mol. The second-order valence-corrected chi connectivity index (χ2v) is 11.7. The molecule has 0 aromatic carbocycles. The number of hydrogen-bond acceptors (Lipinski definition) is 9. The number of aromatic nitrogens is 7. The summed E-state index contributed by atoms with van der Waals surface area (Å²) in [6.07, 6.45) is 3.79. The van der Waals surface area contributed by atoms with Crippen LogP contribution in [-0.4, -0.2) is 71.8 Å². The lowest BCUT2D eigenvalue weighted by atomic mass is 10.1. The number of hydrogen-bond donors (Lipinski definition) is 2. The number of amides is 1. The molecule has 42 heavy (non-hydrogen) atoms. The fourth-order valence-corrected chi connectivity index (χ4v) is 6.04. The number of anilines is 2. The zero-order valence-electron chi connectivity index (χ0n) is 22.8. The predicted octanol–water partition coefficient (Wildman–Crippen LogP) is 3.01. The van der Waals surface area contributed by atoms with Gasteiger partial charge in [-0.1, -0.05) is 0 Å². The number of rotatable bonds is 7. The molecule has 0 atom stereocenters. The quantitative estimate of drug-likeness (QED) is 0.324. The zero-order valence-corrected chi connectivity index (χ0v) is 23.6. The standard InChI is InChI=1S/C25H27F3N10O3S/c1-15-20(4-7-29-23(15)33-16(2)39)37-11-19(31-14-37)22-18(25(26,27)28)10-30-24(35-22)34-17-5-8-38(9-6-17)42(40,41)21-12-36(3)13-32-21/h4,7,10-14,17H,5-6,8-9H2,1-3H3,(H,29,33,39)(H,30,34,35). The van der Waals surface area contributed by atoms with Gasteiger partial charge in [-0.3, -0.25) is 4.79 Å². The van der Waals surface area contributed by atoms with Crippen molar-refractivity contribution in [2.24, 2.45) is 7.05 Å². The lowest BCUT2D eigenvalue weighted by Gasteiger charge is -2.31. The number of halogens is 3. The van der Waals surface area contributed by atoms with Gasteiger partial charge in [0.05, 0.1) is 18.3 Å². The number of piperidine rings is 1. The van der Waals surface area contributed by atoms with Crippen molar-refractivity contribution in [2.45, 2.75) is 43.9 Å². The molecule has 17 heteroatoms. The van der Waals surface area contributed by atoms with E-state index in [4.69, 9.17) is 0 Å². The first-order valence-corrected chi connectivity index (χ1v) is 14.2. The molecule has 1 saturated heterocycles. The van der Waals surface area contributed by atoms with Gasteiger partial charge >= 0.3 is 6.18 Å². The van der Waals surface area contributed by atoms with E-state index in [1.165, 1.54) is 47.0 Å².